The first-order valence-electron chi connectivity index (χ1n) is 3.70. The van der Waals surface area contributed by atoms with Crippen LogP contribution in [0, 0.1) is 5.92 Å². The maximum Gasteiger partial charge on any atom is 0.213 e. The molecule has 54 valence electrons. The molecule has 0 bridgehead atoms. The van der Waals surface area contributed by atoms with Gasteiger partial charge >= 0.3 is 0 Å². The minimum Gasteiger partial charge on any atom is -0.343 e. The summed E-state index contributed by atoms with van der Waals surface area (Å²) in [7, 11) is 0. The zero-order valence-corrected chi connectivity index (χ0v) is 5.79. The van der Waals surface area contributed by atoms with Crippen molar-refractivity contribution in [1.29, 1.82) is 0 Å². The molecule has 1 aromatic heterocycles. The van der Waals surface area contributed by atoms with Crippen molar-refractivity contribution in [2.75, 3.05) is 0 Å². The highest BCUT2D eigenvalue weighted by molar-refractivity contribution is 4.84. The third-order valence-corrected chi connectivity index (χ3v) is 2.10. The Bertz CT molecular complexity index is 191. The summed E-state index contributed by atoms with van der Waals surface area (Å²) in [6.45, 7) is 0. The molecule has 0 radical (unpaired) electrons. The molecule has 1 saturated carbocycles. The van der Waals surface area contributed by atoms with Crippen LogP contribution in [-0.2, 0) is 6.42 Å². The van der Waals surface area contributed by atoms with Crippen molar-refractivity contribution in [3.05, 3.63) is 12.2 Å². The maximum absolute atomic E-state index is 4.62. The molecule has 0 unspecified atom stereocenters. The summed E-state index contributed by atoms with van der Waals surface area (Å²) in [6.07, 6.45) is 6.47. The summed E-state index contributed by atoms with van der Waals surface area (Å²) in [5.74, 6) is 1.70. The van der Waals surface area contributed by atoms with Crippen molar-refractivity contribution in [3.63, 3.8) is 0 Å². The third-order valence-electron chi connectivity index (χ3n) is 2.10. The van der Waals surface area contributed by atoms with Gasteiger partial charge in [0.2, 0.25) is 6.39 Å². The Kier molecular flexibility index (Phi) is 1.42. The first-order chi connectivity index (χ1) is 4.95. The highest BCUT2D eigenvalue weighted by atomic mass is 16.5. The van der Waals surface area contributed by atoms with E-state index in [9.17, 15) is 0 Å². The summed E-state index contributed by atoms with van der Waals surface area (Å²) < 4.78 is 4.62. The van der Waals surface area contributed by atoms with Crippen LogP contribution in [0.25, 0.3) is 0 Å². The van der Waals surface area contributed by atoms with Gasteiger partial charge in [-0.1, -0.05) is 24.4 Å². The van der Waals surface area contributed by atoms with Crippen LogP contribution < -0.4 is 0 Å². The minimum atomic E-state index is 0.831. The molecule has 3 heteroatoms. The normalized spacial score (nSPS) is 18.8. The number of aromatic nitrogens is 2. The van der Waals surface area contributed by atoms with E-state index in [1.54, 1.807) is 0 Å². The topological polar surface area (TPSA) is 38.9 Å². The molecule has 0 amide bonds. The van der Waals surface area contributed by atoms with E-state index in [2.05, 4.69) is 14.7 Å². The molecule has 1 aliphatic carbocycles. The average molecular weight is 138 g/mol. The second kappa shape index (κ2) is 2.40. The number of hydrogen-bond donors (Lipinski definition) is 0. The molecule has 0 spiro atoms. The summed E-state index contributed by atoms with van der Waals surface area (Å²) in [5.41, 5.74) is 0. The average Bonchev–Trinajstić information content (AvgIpc) is 2.29. The van der Waals surface area contributed by atoms with Crippen LogP contribution in [0.3, 0.4) is 0 Å². The summed E-state index contributed by atoms with van der Waals surface area (Å²) in [5, 5.41) is 3.75. The van der Waals surface area contributed by atoms with Crippen molar-refractivity contribution in [2.24, 2.45) is 5.92 Å². The molecule has 0 aliphatic heterocycles. The van der Waals surface area contributed by atoms with Gasteiger partial charge in [-0.05, 0) is 5.92 Å². The fourth-order valence-corrected chi connectivity index (χ4v) is 1.24. The molecule has 0 N–H and O–H groups in total. The molecule has 0 atom stereocenters. The van der Waals surface area contributed by atoms with E-state index < -0.39 is 0 Å². The lowest BCUT2D eigenvalue weighted by molar-refractivity contribution is 0.303. The van der Waals surface area contributed by atoms with E-state index >= 15 is 0 Å². The molecule has 1 heterocycles. The Balaban J connectivity index is 1.90. The van der Waals surface area contributed by atoms with Crippen molar-refractivity contribution in [1.82, 2.24) is 10.1 Å². The van der Waals surface area contributed by atoms with Crippen LogP contribution in [0.4, 0.5) is 0 Å². The zero-order valence-electron chi connectivity index (χ0n) is 5.79. The fraction of sp³-hybridized carbons (Fsp3) is 0.714. The standard InChI is InChI=1S/C7H10N2O/c1-2-6(3-1)4-7-8-5-10-9-7/h5-6H,1-4H2. The Morgan fingerprint density at radius 1 is 1.60 bits per heavy atom. The van der Waals surface area contributed by atoms with Crippen LogP contribution in [0.1, 0.15) is 25.1 Å². The van der Waals surface area contributed by atoms with Crippen molar-refractivity contribution in [2.45, 2.75) is 25.7 Å². The van der Waals surface area contributed by atoms with Gasteiger partial charge in [0.1, 0.15) is 0 Å². The van der Waals surface area contributed by atoms with Gasteiger partial charge in [-0.3, -0.25) is 0 Å². The predicted octanol–water partition coefficient (Wildman–Crippen LogP) is 1.41. The quantitative estimate of drug-likeness (QED) is 0.620. The molecule has 1 aromatic rings. The fourth-order valence-electron chi connectivity index (χ4n) is 1.24. The molecular weight excluding hydrogens is 128 g/mol. The number of rotatable bonds is 2. The van der Waals surface area contributed by atoms with E-state index in [4.69, 9.17) is 0 Å². The van der Waals surface area contributed by atoms with Crippen molar-refractivity contribution in [3.8, 4) is 0 Å². The zero-order chi connectivity index (χ0) is 6.81. The van der Waals surface area contributed by atoms with E-state index in [0.29, 0.717) is 0 Å². The first-order valence-corrected chi connectivity index (χ1v) is 3.70. The molecule has 1 aliphatic rings. The molecule has 0 aromatic carbocycles. The monoisotopic (exact) mass is 138 g/mol. The highest BCUT2D eigenvalue weighted by Gasteiger charge is 2.19. The van der Waals surface area contributed by atoms with Gasteiger partial charge in [-0.2, -0.15) is 4.98 Å². The minimum absolute atomic E-state index is 0.831. The van der Waals surface area contributed by atoms with Gasteiger partial charge in [0, 0.05) is 6.42 Å². The summed E-state index contributed by atoms with van der Waals surface area (Å²) in [6, 6.07) is 0. The van der Waals surface area contributed by atoms with Crippen LogP contribution in [0.5, 0.6) is 0 Å². The predicted molar refractivity (Wildman–Crippen MR) is 35.3 cm³/mol. The van der Waals surface area contributed by atoms with Crippen LogP contribution in [0.15, 0.2) is 10.9 Å². The van der Waals surface area contributed by atoms with Crippen LogP contribution in [0.2, 0.25) is 0 Å². The van der Waals surface area contributed by atoms with E-state index in [1.807, 2.05) is 0 Å². The molecular formula is C7H10N2O. The van der Waals surface area contributed by atoms with Crippen molar-refractivity contribution < 1.29 is 4.52 Å². The van der Waals surface area contributed by atoms with Gasteiger partial charge in [-0.15, -0.1) is 0 Å². The van der Waals surface area contributed by atoms with E-state index in [0.717, 1.165) is 18.2 Å². The lowest BCUT2D eigenvalue weighted by atomic mass is 9.83. The Labute approximate surface area is 59.4 Å². The van der Waals surface area contributed by atoms with Gasteiger partial charge < -0.3 is 4.52 Å². The van der Waals surface area contributed by atoms with Gasteiger partial charge in [0.05, 0.1) is 0 Å². The lowest BCUT2D eigenvalue weighted by Gasteiger charge is -2.23. The van der Waals surface area contributed by atoms with E-state index in [-0.39, 0.29) is 0 Å². The second-order valence-corrected chi connectivity index (χ2v) is 2.85. The number of hydrogen-bond acceptors (Lipinski definition) is 3. The molecule has 2 rings (SSSR count). The van der Waals surface area contributed by atoms with Gasteiger partial charge in [0.15, 0.2) is 5.82 Å². The van der Waals surface area contributed by atoms with Crippen LogP contribution in [-0.4, -0.2) is 10.1 Å². The Morgan fingerprint density at radius 3 is 3.00 bits per heavy atom. The molecule has 10 heavy (non-hydrogen) atoms. The summed E-state index contributed by atoms with van der Waals surface area (Å²) >= 11 is 0. The Morgan fingerprint density at radius 2 is 2.50 bits per heavy atom. The van der Waals surface area contributed by atoms with Crippen LogP contribution >= 0.6 is 0 Å². The smallest absolute Gasteiger partial charge is 0.213 e. The molecule has 3 nitrogen and oxygen atoms in total. The van der Waals surface area contributed by atoms with Crippen molar-refractivity contribution >= 4 is 0 Å². The first kappa shape index (κ1) is 5.89. The largest absolute Gasteiger partial charge is 0.343 e. The van der Waals surface area contributed by atoms with Gasteiger partial charge in [0.25, 0.3) is 0 Å². The summed E-state index contributed by atoms with van der Waals surface area (Å²) in [4.78, 5) is 3.96. The lowest BCUT2D eigenvalue weighted by Crippen LogP contribution is -2.14. The highest BCUT2D eigenvalue weighted by Crippen LogP contribution is 2.28. The SMILES string of the molecule is c1nc(CC2CCC2)no1. The second-order valence-electron chi connectivity index (χ2n) is 2.85. The van der Waals surface area contributed by atoms with Gasteiger partial charge in [-0.25, -0.2) is 0 Å². The van der Waals surface area contributed by atoms with E-state index in [1.165, 1.54) is 25.7 Å². The number of nitrogens with zero attached hydrogens (tertiary/aromatic N) is 2. The molecule has 0 saturated heterocycles. The maximum atomic E-state index is 4.62. The molecule has 1 fully saturated rings. The third kappa shape index (κ3) is 1.03. The Hall–Kier alpha value is -0.860.